The fourth-order valence-corrected chi connectivity index (χ4v) is 3.11. The molecule has 0 amide bonds. The normalized spacial score (nSPS) is 18.1. The average Bonchev–Trinajstić information content (AvgIpc) is 3.22. The zero-order chi connectivity index (χ0) is 14.9. The van der Waals surface area contributed by atoms with Crippen molar-refractivity contribution in [1.29, 1.82) is 0 Å². The quantitative estimate of drug-likeness (QED) is 0.869. The number of hydrogen-bond donors (Lipinski definition) is 0. The third kappa shape index (κ3) is 2.20. The zero-order valence-corrected chi connectivity index (χ0v) is 12.5. The maximum absolute atomic E-state index is 5.41. The molecule has 4 rings (SSSR count). The fourth-order valence-electron chi connectivity index (χ4n) is 3.11. The summed E-state index contributed by atoms with van der Waals surface area (Å²) >= 11 is 0. The van der Waals surface area contributed by atoms with E-state index in [-0.39, 0.29) is 0 Å². The Labute approximate surface area is 128 Å². The van der Waals surface area contributed by atoms with Gasteiger partial charge in [-0.2, -0.15) is 5.10 Å². The summed E-state index contributed by atoms with van der Waals surface area (Å²) in [4.78, 5) is 8.95. The van der Waals surface area contributed by atoms with E-state index in [0.29, 0.717) is 18.5 Å². The van der Waals surface area contributed by atoms with Gasteiger partial charge in [0.1, 0.15) is 0 Å². The van der Waals surface area contributed by atoms with Gasteiger partial charge in [-0.1, -0.05) is 0 Å². The molecule has 0 N–H and O–H groups in total. The molecule has 114 valence electrons. The van der Waals surface area contributed by atoms with Crippen molar-refractivity contribution in [3.05, 3.63) is 41.3 Å². The van der Waals surface area contributed by atoms with E-state index in [1.165, 1.54) is 0 Å². The molecule has 0 unspecified atom stereocenters. The van der Waals surface area contributed by atoms with Crippen LogP contribution in [0.2, 0.25) is 0 Å². The van der Waals surface area contributed by atoms with E-state index < -0.39 is 0 Å². The fraction of sp³-hybridized carbons (Fsp3) is 0.438. The lowest BCUT2D eigenvalue weighted by atomic mass is 10.0. The highest BCUT2D eigenvalue weighted by molar-refractivity contribution is 6.16. The van der Waals surface area contributed by atoms with Crippen molar-refractivity contribution < 1.29 is 9.47 Å². The number of hydrogen-bond acceptors (Lipinski definition) is 5. The van der Waals surface area contributed by atoms with E-state index in [1.54, 1.807) is 13.3 Å². The molecule has 1 fully saturated rings. The molecule has 6 heteroatoms. The second-order valence-electron chi connectivity index (χ2n) is 5.57. The molecule has 4 heterocycles. The highest BCUT2D eigenvalue weighted by Gasteiger charge is 2.25. The van der Waals surface area contributed by atoms with Crippen LogP contribution in [0.1, 0.15) is 35.6 Å². The van der Waals surface area contributed by atoms with Crippen LogP contribution in [0.15, 0.2) is 29.6 Å². The van der Waals surface area contributed by atoms with Crippen LogP contribution < -0.4 is 4.74 Å². The van der Waals surface area contributed by atoms with Crippen molar-refractivity contribution in [1.82, 2.24) is 14.8 Å². The van der Waals surface area contributed by atoms with Gasteiger partial charge in [0.15, 0.2) is 0 Å². The number of aromatic nitrogens is 3. The maximum atomic E-state index is 5.41. The smallest absolute Gasteiger partial charge is 0.222 e. The van der Waals surface area contributed by atoms with Gasteiger partial charge in [-0.15, -0.1) is 0 Å². The minimum Gasteiger partial charge on any atom is -0.480 e. The highest BCUT2D eigenvalue weighted by atomic mass is 16.5. The Bertz CT molecular complexity index is 717. The molecule has 0 radical (unpaired) electrons. The van der Waals surface area contributed by atoms with Crippen LogP contribution in [0, 0.1) is 0 Å². The van der Waals surface area contributed by atoms with Crippen LogP contribution in [0.4, 0.5) is 0 Å². The monoisotopic (exact) mass is 298 g/mol. The third-order valence-electron chi connectivity index (χ3n) is 4.28. The Morgan fingerprint density at radius 2 is 2.18 bits per heavy atom. The molecule has 0 spiro atoms. The molecule has 0 aliphatic carbocycles. The number of ether oxygens (including phenoxy) is 2. The summed E-state index contributed by atoms with van der Waals surface area (Å²) in [6, 6.07) is 2.41. The first-order valence-electron chi connectivity index (χ1n) is 7.56. The SMILES string of the molecule is COc1nccc2c1C(c1cnn(C3CCOCC3)c1)=NC2. The lowest BCUT2D eigenvalue weighted by Crippen LogP contribution is -2.19. The number of aliphatic imine (C=N–C) groups is 1. The number of pyridine rings is 1. The molecule has 2 aliphatic rings. The summed E-state index contributed by atoms with van der Waals surface area (Å²) in [6.45, 7) is 2.29. The van der Waals surface area contributed by atoms with Gasteiger partial charge >= 0.3 is 0 Å². The minimum atomic E-state index is 0.416. The molecular formula is C16H18N4O2. The first-order chi connectivity index (χ1) is 10.9. The van der Waals surface area contributed by atoms with E-state index in [4.69, 9.17) is 9.47 Å². The van der Waals surface area contributed by atoms with Crippen LogP contribution in [-0.2, 0) is 11.3 Å². The number of rotatable bonds is 3. The van der Waals surface area contributed by atoms with Crippen molar-refractivity contribution in [2.45, 2.75) is 25.4 Å². The van der Waals surface area contributed by atoms with Gasteiger partial charge in [0.05, 0.1) is 37.2 Å². The first-order valence-corrected chi connectivity index (χ1v) is 7.56. The van der Waals surface area contributed by atoms with E-state index in [2.05, 4.69) is 21.3 Å². The molecule has 2 aromatic heterocycles. The van der Waals surface area contributed by atoms with Crippen molar-refractivity contribution in [2.24, 2.45) is 4.99 Å². The van der Waals surface area contributed by atoms with Gasteiger partial charge < -0.3 is 9.47 Å². The van der Waals surface area contributed by atoms with Crippen LogP contribution in [-0.4, -0.2) is 40.8 Å². The van der Waals surface area contributed by atoms with Gasteiger partial charge in [-0.3, -0.25) is 9.67 Å². The highest BCUT2D eigenvalue weighted by Crippen LogP contribution is 2.30. The number of fused-ring (bicyclic) bond motifs is 1. The van der Waals surface area contributed by atoms with E-state index in [0.717, 1.165) is 48.5 Å². The Morgan fingerprint density at radius 3 is 3.00 bits per heavy atom. The van der Waals surface area contributed by atoms with Crippen molar-refractivity contribution >= 4 is 5.71 Å². The van der Waals surface area contributed by atoms with E-state index >= 15 is 0 Å². The zero-order valence-electron chi connectivity index (χ0n) is 12.5. The van der Waals surface area contributed by atoms with Gasteiger partial charge in [0.25, 0.3) is 0 Å². The summed E-state index contributed by atoms with van der Waals surface area (Å²) in [5.74, 6) is 0.632. The number of nitrogens with zero attached hydrogens (tertiary/aromatic N) is 4. The topological polar surface area (TPSA) is 61.5 Å². The Balaban J connectivity index is 1.66. The summed E-state index contributed by atoms with van der Waals surface area (Å²) in [5, 5.41) is 4.53. The van der Waals surface area contributed by atoms with Gasteiger partial charge in [0.2, 0.25) is 5.88 Å². The van der Waals surface area contributed by atoms with E-state index in [1.807, 2.05) is 16.9 Å². The van der Waals surface area contributed by atoms with Crippen LogP contribution >= 0.6 is 0 Å². The van der Waals surface area contributed by atoms with Crippen molar-refractivity contribution in [2.75, 3.05) is 20.3 Å². The van der Waals surface area contributed by atoms with Gasteiger partial charge in [-0.25, -0.2) is 4.98 Å². The van der Waals surface area contributed by atoms with Gasteiger partial charge in [-0.05, 0) is 24.5 Å². The lowest BCUT2D eigenvalue weighted by Gasteiger charge is -2.22. The second kappa shape index (κ2) is 5.53. The summed E-state index contributed by atoms with van der Waals surface area (Å²) < 4.78 is 12.9. The molecule has 2 aliphatic heterocycles. The summed E-state index contributed by atoms with van der Waals surface area (Å²) in [5.41, 5.74) is 4.10. The molecule has 0 aromatic carbocycles. The summed E-state index contributed by atoms with van der Waals surface area (Å²) in [6.07, 6.45) is 7.75. The molecule has 22 heavy (non-hydrogen) atoms. The molecule has 6 nitrogen and oxygen atoms in total. The molecule has 0 atom stereocenters. The standard InChI is InChI=1S/C16H18N4O2/c1-21-16-14-11(2-5-17-16)8-18-15(14)12-9-19-20(10-12)13-3-6-22-7-4-13/h2,5,9-10,13H,3-4,6-8H2,1H3. The molecule has 0 bridgehead atoms. The summed E-state index contributed by atoms with van der Waals surface area (Å²) in [7, 11) is 1.64. The maximum Gasteiger partial charge on any atom is 0.222 e. The van der Waals surface area contributed by atoms with E-state index in [9.17, 15) is 0 Å². The third-order valence-corrected chi connectivity index (χ3v) is 4.28. The molecular weight excluding hydrogens is 280 g/mol. The van der Waals surface area contributed by atoms with Crippen molar-refractivity contribution in [3.8, 4) is 5.88 Å². The Hall–Kier alpha value is -2.21. The molecule has 0 saturated carbocycles. The Kier molecular flexibility index (Phi) is 3.38. The van der Waals surface area contributed by atoms with Crippen LogP contribution in [0.3, 0.4) is 0 Å². The second-order valence-corrected chi connectivity index (χ2v) is 5.57. The molecule has 1 saturated heterocycles. The average molecular weight is 298 g/mol. The number of methoxy groups -OCH3 is 1. The predicted molar refractivity (Wildman–Crippen MR) is 81.4 cm³/mol. The molecule has 2 aromatic rings. The van der Waals surface area contributed by atoms with Crippen LogP contribution in [0.5, 0.6) is 5.88 Å². The van der Waals surface area contributed by atoms with Crippen molar-refractivity contribution in [3.63, 3.8) is 0 Å². The minimum absolute atomic E-state index is 0.416. The lowest BCUT2D eigenvalue weighted by molar-refractivity contribution is 0.0662. The van der Waals surface area contributed by atoms with Crippen LogP contribution in [0.25, 0.3) is 0 Å². The largest absolute Gasteiger partial charge is 0.480 e. The van der Waals surface area contributed by atoms with Gasteiger partial charge in [0, 0.05) is 31.2 Å². The first kappa shape index (κ1) is 13.5. The Morgan fingerprint density at radius 1 is 1.32 bits per heavy atom. The predicted octanol–water partition coefficient (Wildman–Crippen LogP) is 1.99.